The van der Waals surface area contributed by atoms with Crippen molar-refractivity contribution in [1.82, 2.24) is 0 Å². The van der Waals surface area contributed by atoms with E-state index in [4.69, 9.17) is 0 Å². The highest BCUT2D eigenvalue weighted by atomic mass is 16.3. The lowest BCUT2D eigenvalue weighted by Crippen LogP contribution is -2.55. The molecule has 2 heteroatoms. The topological polar surface area (TPSA) is 37.3 Å². The van der Waals surface area contributed by atoms with Crippen molar-refractivity contribution in [3.63, 3.8) is 0 Å². The number of ketones is 1. The molecule has 16 heavy (non-hydrogen) atoms. The molecule has 5 atom stereocenters. The van der Waals surface area contributed by atoms with Gasteiger partial charge in [0.05, 0.1) is 12.5 Å². The van der Waals surface area contributed by atoms with Crippen molar-refractivity contribution in [3.8, 4) is 0 Å². The highest BCUT2D eigenvalue weighted by Gasteiger charge is 2.58. The fourth-order valence-electron chi connectivity index (χ4n) is 4.26. The van der Waals surface area contributed by atoms with E-state index in [1.165, 1.54) is 5.57 Å². The largest absolute Gasteiger partial charge is 0.396 e. The first-order valence-corrected chi connectivity index (χ1v) is 6.10. The smallest absolute Gasteiger partial charge is 0.146 e. The van der Waals surface area contributed by atoms with E-state index in [0.29, 0.717) is 11.8 Å². The number of carbonyl (C=O) groups is 1. The van der Waals surface area contributed by atoms with Gasteiger partial charge in [0.25, 0.3) is 0 Å². The average molecular weight is 218 g/mol. The Morgan fingerprint density at radius 3 is 3.00 bits per heavy atom. The molecule has 0 aliphatic heterocycles. The van der Waals surface area contributed by atoms with E-state index < -0.39 is 0 Å². The fraction of sp³-hybridized carbons (Fsp3) is 0.643. The number of aliphatic hydroxyl groups is 1. The van der Waals surface area contributed by atoms with Gasteiger partial charge in [-0.3, -0.25) is 4.79 Å². The number of rotatable bonds is 1. The highest BCUT2D eigenvalue weighted by Crippen LogP contribution is 2.59. The molecule has 0 heterocycles. The summed E-state index contributed by atoms with van der Waals surface area (Å²) in [6, 6.07) is 0. The monoisotopic (exact) mass is 218 g/mol. The fourth-order valence-corrected chi connectivity index (χ4v) is 4.26. The number of aliphatic hydroxyl groups excluding tert-OH is 1. The first-order valence-electron chi connectivity index (χ1n) is 6.10. The Kier molecular flexibility index (Phi) is 1.97. The Labute approximate surface area is 96.0 Å². The second-order valence-electron chi connectivity index (χ2n) is 5.72. The predicted molar refractivity (Wildman–Crippen MR) is 61.7 cm³/mol. The first-order chi connectivity index (χ1) is 7.59. The van der Waals surface area contributed by atoms with Gasteiger partial charge in [-0.25, -0.2) is 0 Å². The molecule has 2 nitrogen and oxygen atoms in total. The van der Waals surface area contributed by atoms with Crippen LogP contribution in [0.3, 0.4) is 0 Å². The Morgan fingerprint density at radius 2 is 2.31 bits per heavy atom. The van der Waals surface area contributed by atoms with E-state index in [1.54, 1.807) is 0 Å². The molecule has 1 saturated carbocycles. The Morgan fingerprint density at radius 1 is 1.56 bits per heavy atom. The van der Waals surface area contributed by atoms with Crippen LogP contribution in [-0.4, -0.2) is 17.5 Å². The molecule has 2 bridgehead atoms. The third kappa shape index (κ3) is 0.988. The van der Waals surface area contributed by atoms with E-state index in [9.17, 15) is 9.90 Å². The number of fused-ring (bicyclic) bond motifs is 1. The van der Waals surface area contributed by atoms with Crippen LogP contribution in [-0.2, 0) is 4.79 Å². The summed E-state index contributed by atoms with van der Waals surface area (Å²) in [4.78, 5) is 12.3. The second kappa shape index (κ2) is 3.07. The quantitative estimate of drug-likeness (QED) is 0.683. The summed E-state index contributed by atoms with van der Waals surface area (Å²) in [5, 5.41) is 9.48. The third-order valence-electron chi connectivity index (χ3n) is 5.01. The number of hydrogen-bond donors (Lipinski definition) is 1. The molecular weight excluding hydrogens is 200 g/mol. The van der Waals surface area contributed by atoms with E-state index in [1.807, 2.05) is 0 Å². The van der Waals surface area contributed by atoms with Crippen LogP contribution < -0.4 is 0 Å². The number of allylic oxidation sites excluding steroid dienone is 4. The molecular formula is C14H18O2. The van der Waals surface area contributed by atoms with Gasteiger partial charge in [-0.2, -0.15) is 0 Å². The molecule has 0 saturated heterocycles. The Bertz CT molecular complexity index is 407. The minimum absolute atomic E-state index is 0.00116. The zero-order chi connectivity index (χ0) is 11.5. The van der Waals surface area contributed by atoms with Crippen LogP contribution in [0.1, 0.15) is 20.3 Å². The molecule has 4 aliphatic rings. The van der Waals surface area contributed by atoms with Crippen molar-refractivity contribution in [1.29, 1.82) is 0 Å². The van der Waals surface area contributed by atoms with Gasteiger partial charge < -0.3 is 5.11 Å². The maximum atomic E-state index is 12.3. The van der Waals surface area contributed by atoms with E-state index in [0.717, 1.165) is 6.42 Å². The molecule has 0 spiro atoms. The van der Waals surface area contributed by atoms with Crippen LogP contribution in [0, 0.1) is 29.1 Å². The SMILES string of the molecule is CC1=C[C@@]2(C)C(CO)C(=O)[C@@H]1[C@H]1C=CC[C@H]12. The van der Waals surface area contributed by atoms with Gasteiger partial charge in [-0.15, -0.1) is 0 Å². The van der Waals surface area contributed by atoms with Crippen LogP contribution >= 0.6 is 0 Å². The summed E-state index contributed by atoms with van der Waals surface area (Å²) in [7, 11) is 0. The summed E-state index contributed by atoms with van der Waals surface area (Å²) < 4.78 is 0. The standard InChI is InChI=1S/C14H18O2/c1-8-6-14(2)10-5-3-4-9(10)12(8)13(16)11(14)7-15/h3-4,6,9-12,15H,5,7H2,1-2H3/t9-,10+,11?,12-,14+/m0/s1. The van der Waals surface area contributed by atoms with Gasteiger partial charge in [0.1, 0.15) is 5.78 Å². The lowest BCUT2D eigenvalue weighted by molar-refractivity contribution is -0.142. The molecule has 4 aliphatic carbocycles. The summed E-state index contributed by atoms with van der Waals surface area (Å²) in [5.74, 6) is 1.05. The molecule has 1 N–H and O–H groups in total. The molecule has 0 aromatic carbocycles. The van der Waals surface area contributed by atoms with Crippen molar-refractivity contribution in [2.24, 2.45) is 29.1 Å². The molecule has 0 amide bonds. The normalized spacial score (nSPS) is 49.4. The maximum absolute atomic E-state index is 12.3. The van der Waals surface area contributed by atoms with Crippen LogP contribution in [0.25, 0.3) is 0 Å². The number of hydrogen-bond acceptors (Lipinski definition) is 2. The lowest BCUT2D eigenvalue weighted by Gasteiger charge is -2.54. The molecule has 0 radical (unpaired) electrons. The molecule has 0 aromatic rings. The Hall–Kier alpha value is -0.890. The minimum Gasteiger partial charge on any atom is -0.396 e. The second-order valence-corrected chi connectivity index (χ2v) is 5.72. The van der Waals surface area contributed by atoms with E-state index >= 15 is 0 Å². The van der Waals surface area contributed by atoms with Crippen molar-refractivity contribution >= 4 is 5.78 Å². The van der Waals surface area contributed by atoms with Crippen LogP contribution in [0.15, 0.2) is 23.8 Å². The third-order valence-corrected chi connectivity index (χ3v) is 5.01. The first kappa shape index (κ1) is 10.3. The van der Waals surface area contributed by atoms with E-state index in [-0.39, 0.29) is 29.6 Å². The summed E-state index contributed by atoms with van der Waals surface area (Å²) in [6.07, 6.45) is 7.75. The van der Waals surface area contributed by atoms with Gasteiger partial charge >= 0.3 is 0 Å². The predicted octanol–water partition coefficient (Wildman–Crippen LogP) is 1.95. The van der Waals surface area contributed by atoms with Crippen molar-refractivity contribution in [3.05, 3.63) is 23.8 Å². The van der Waals surface area contributed by atoms with E-state index in [2.05, 4.69) is 32.1 Å². The Balaban J connectivity index is 2.15. The minimum atomic E-state index is -0.178. The number of carbonyl (C=O) groups excluding carboxylic acids is 1. The van der Waals surface area contributed by atoms with Crippen LogP contribution in [0.2, 0.25) is 0 Å². The molecule has 86 valence electrons. The number of Topliss-reactive ketones (excluding diaryl/α,β-unsaturated/α-hetero) is 1. The van der Waals surface area contributed by atoms with Crippen molar-refractivity contribution in [2.75, 3.05) is 6.61 Å². The molecule has 4 rings (SSSR count). The van der Waals surface area contributed by atoms with Gasteiger partial charge in [-0.05, 0) is 25.2 Å². The van der Waals surface area contributed by atoms with Gasteiger partial charge in [0.15, 0.2) is 0 Å². The van der Waals surface area contributed by atoms with Gasteiger partial charge in [0, 0.05) is 11.3 Å². The van der Waals surface area contributed by atoms with Crippen LogP contribution in [0.5, 0.6) is 0 Å². The van der Waals surface area contributed by atoms with Gasteiger partial charge in [0.2, 0.25) is 0 Å². The lowest BCUT2D eigenvalue weighted by atomic mass is 9.49. The maximum Gasteiger partial charge on any atom is 0.146 e. The average Bonchev–Trinajstić information content (AvgIpc) is 2.66. The van der Waals surface area contributed by atoms with Gasteiger partial charge in [-0.1, -0.05) is 30.7 Å². The summed E-state index contributed by atoms with van der Waals surface area (Å²) >= 11 is 0. The summed E-state index contributed by atoms with van der Waals surface area (Å²) in [6.45, 7) is 4.21. The van der Waals surface area contributed by atoms with Crippen molar-refractivity contribution in [2.45, 2.75) is 20.3 Å². The summed E-state index contributed by atoms with van der Waals surface area (Å²) in [5.41, 5.74) is 1.09. The zero-order valence-electron chi connectivity index (χ0n) is 9.81. The molecule has 1 fully saturated rings. The highest BCUT2D eigenvalue weighted by molar-refractivity contribution is 5.90. The molecule has 1 unspecified atom stereocenters. The zero-order valence-corrected chi connectivity index (χ0v) is 9.81. The van der Waals surface area contributed by atoms with Crippen molar-refractivity contribution < 1.29 is 9.90 Å². The van der Waals surface area contributed by atoms with Crippen LogP contribution in [0.4, 0.5) is 0 Å². The molecule has 0 aromatic heterocycles.